The smallest absolute Gasteiger partial charge is 0.0721 e. The highest BCUT2D eigenvalue weighted by atomic mass is 35.5. The zero-order valence-corrected chi connectivity index (χ0v) is 8.93. The van der Waals surface area contributed by atoms with E-state index in [0.717, 1.165) is 26.1 Å². The second-order valence-electron chi connectivity index (χ2n) is 3.41. The van der Waals surface area contributed by atoms with Crippen LogP contribution in [0.3, 0.4) is 0 Å². The highest BCUT2D eigenvalue weighted by Crippen LogP contribution is 2.07. The molecule has 1 aromatic rings. The van der Waals surface area contributed by atoms with Crippen LogP contribution in [0.5, 0.6) is 0 Å². The lowest BCUT2D eigenvalue weighted by Gasteiger charge is -2.09. The Hall–Kier alpha value is -0.570. The van der Waals surface area contributed by atoms with Gasteiger partial charge in [0.25, 0.3) is 0 Å². The van der Waals surface area contributed by atoms with Crippen molar-refractivity contribution in [3.8, 4) is 0 Å². The van der Waals surface area contributed by atoms with Crippen molar-refractivity contribution in [1.29, 1.82) is 0 Å². The van der Waals surface area contributed by atoms with E-state index in [0.29, 0.717) is 6.10 Å². The molecule has 2 rings (SSSR count). The number of halogens is 1. The van der Waals surface area contributed by atoms with Gasteiger partial charge >= 0.3 is 0 Å². The third-order valence-corrected chi connectivity index (χ3v) is 2.34. The number of hydrogen-bond donors (Lipinski definition) is 1. The van der Waals surface area contributed by atoms with Gasteiger partial charge in [-0.1, -0.05) is 30.3 Å². The lowest BCUT2D eigenvalue weighted by molar-refractivity contribution is 0.0542. The standard InChI is InChI=1S/C11H15NO.ClH/c1-2-4-10(5-3-1)9-13-11-6-7-12-8-11;/h1-5,11-12H,6-9H2;1H/t11-;/m0./s1. The van der Waals surface area contributed by atoms with Gasteiger partial charge in [-0.2, -0.15) is 0 Å². The van der Waals surface area contributed by atoms with Crippen LogP contribution < -0.4 is 5.32 Å². The molecule has 0 spiro atoms. The molecule has 1 fully saturated rings. The van der Waals surface area contributed by atoms with Crippen LogP contribution in [0, 0.1) is 0 Å². The van der Waals surface area contributed by atoms with Gasteiger partial charge in [-0.05, 0) is 18.5 Å². The van der Waals surface area contributed by atoms with E-state index in [4.69, 9.17) is 4.74 Å². The lowest BCUT2D eigenvalue weighted by Crippen LogP contribution is -2.16. The second-order valence-corrected chi connectivity index (χ2v) is 3.41. The van der Waals surface area contributed by atoms with E-state index in [1.165, 1.54) is 5.56 Å². The van der Waals surface area contributed by atoms with Gasteiger partial charge in [0.1, 0.15) is 0 Å². The van der Waals surface area contributed by atoms with Crippen LogP contribution >= 0.6 is 12.4 Å². The fourth-order valence-electron chi connectivity index (χ4n) is 1.56. The minimum absolute atomic E-state index is 0. The number of benzene rings is 1. The molecule has 1 heterocycles. The van der Waals surface area contributed by atoms with Gasteiger partial charge in [-0.25, -0.2) is 0 Å². The topological polar surface area (TPSA) is 21.3 Å². The zero-order chi connectivity index (χ0) is 8.93. The Morgan fingerprint density at radius 3 is 2.71 bits per heavy atom. The second kappa shape index (κ2) is 6.02. The summed E-state index contributed by atoms with van der Waals surface area (Å²) in [5, 5.41) is 3.28. The molecule has 1 aromatic carbocycles. The summed E-state index contributed by atoms with van der Waals surface area (Å²) >= 11 is 0. The lowest BCUT2D eigenvalue weighted by atomic mass is 10.2. The highest BCUT2D eigenvalue weighted by Gasteiger charge is 2.13. The zero-order valence-electron chi connectivity index (χ0n) is 8.11. The fourth-order valence-corrected chi connectivity index (χ4v) is 1.56. The Morgan fingerprint density at radius 1 is 1.29 bits per heavy atom. The molecule has 0 saturated carbocycles. The van der Waals surface area contributed by atoms with E-state index < -0.39 is 0 Å². The molecule has 1 aliphatic heterocycles. The quantitative estimate of drug-likeness (QED) is 0.829. The summed E-state index contributed by atoms with van der Waals surface area (Å²) in [5.41, 5.74) is 1.26. The molecule has 0 bridgehead atoms. The molecular weight excluding hydrogens is 198 g/mol. The van der Waals surface area contributed by atoms with Crippen molar-refractivity contribution in [3.05, 3.63) is 35.9 Å². The first-order valence-corrected chi connectivity index (χ1v) is 4.81. The number of nitrogens with one attached hydrogen (secondary N) is 1. The van der Waals surface area contributed by atoms with Crippen LogP contribution in [0.1, 0.15) is 12.0 Å². The molecule has 0 aliphatic carbocycles. The van der Waals surface area contributed by atoms with Gasteiger partial charge < -0.3 is 10.1 Å². The molecule has 2 nitrogen and oxygen atoms in total. The summed E-state index contributed by atoms with van der Waals surface area (Å²) in [5.74, 6) is 0. The SMILES string of the molecule is Cl.c1ccc(CO[C@H]2CCNC2)cc1. The fraction of sp³-hybridized carbons (Fsp3) is 0.455. The van der Waals surface area contributed by atoms with E-state index in [1.54, 1.807) is 0 Å². The Labute approximate surface area is 91.1 Å². The van der Waals surface area contributed by atoms with Crippen LogP contribution in [-0.2, 0) is 11.3 Å². The highest BCUT2D eigenvalue weighted by molar-refractivity contribution is 5.85. The molecular formula is C11H16ClNO. The summed E-state index contributed by atoms with van der Waals surface area (Å²) in [6.07, 6.45) is 1.56. The summed E-state index contributed by atoms with van der Waals surface area (Å²) < 4.78 is 5.73. The van der Waals surface area contributed by atoms with Crippen LogP contribution in [-0.4, -0.2) is 19.2 Å². The largest absolute Gasteiger partial charge is 0.372 e. The minimum atomic E-state index is 0. The van der Waals surface area contributed by atoms with Crippen LogP contribution in [0.2, 0.25) is 0 Å². The van der Waals surface area contributed by atoms with Crippen molar-refractivity contribution in [3.63, 3.8) is 0 Å². The summed E-state index contributed by atoms with van der Waals surface area (Å²) in [6.45, 7) is 2.85. The molecule has 0 radical (unpaired) electrons. The predicted octanol–water partition coefficient (Wildman–Crippen LogP) is 1.99. The van der Waals surface area contributed by atoms with Crippen molar-refractivity contribution in [1.82, 2.24) is 5.32 Å². The first-order valence-electron chi connectivity index (χ1n) is 4.81. The molecule has 1 aliphatic rings. The van der Waals surface area contributed by atoms with Crippen molar-refractivity contribution < 1.29 is 4.74 Å². The summed E-state index contributed by atoms with van der Waals surface area (Å²) in [7, 11) is 0. The third kappa shape index (κ3) is 3.29. The maximum absolute atomic E-state index is 5.73. The molecule has 1 atom stereocenters. The maximum Gasteiger partial charge on any atom is 0.0721 e. The normalized spacial score (nSPS) is 20.4. The van der Waals surface area contributed by atoms with E-state index >= 15 is 0 Å². The van der Waals surface area contributed by atoms with Gasteiger partial charge in [0, 0.05) is 6.54 Å². The molecule has 1 N–H and O–H groups in total. The molecule has 0 unspecified atom stereocenters. The molecule has 1 saturated heterocycles. The van der Waals surface area contributed by atoms with Gasteiger partial charge in [0.2, 0.25) is 0 Å². The van der Waals surface area contributed by atoms with Crippen molar-refractivity contribution >= 4 is 12.4 Å². The van der Waals surface area contributed by atoms with E-state index in [9.17, 15) is 0 Å². The average molecular weight is 214 g/mol. The van der Waals surface area contributed by atoms with Crippen LogP contribution in [0.15, 0.2) is 30.3 Å². The van der Waals surface area contributed by atoms with Gasteiger partial charge in [0.05, 0.1) is 12.7 Å². The first kappa shape index (κ1) is 11.5. The minimum Gasteiger partial charge on any atom is -0.372 e. The Bertz CT molecular complexity index is 247. The van der Waals surface area contributed by atoms with Crippen molar-refractivity contribution in [2.45, 2.75) is 19.1 Å². The maximum atomic E-state index is 5.73. The van der Waals surface area contributed by atoms with E-state index in [1.807, 2.05) is 18.2 Å². The number of ether oxygens (including phenoxy) is 1. The van der Waals surface area contributed by atoms with Gasteiger partial charge in [0.15, 0.2) is 0 Å². The summed E-state index contributed by atoms with van der Waals surface area (Å²) in [6, 6.07) is 10.3. The first-order chi connectivity index (χ1) is 6.45. The van der Waals surface area contributed by atoms with Crippen molar-refractivity contribution in [2.75, 3.05) is 13.1 Å². The van der Waals surface area contributed by atoms with E-state index in [2.05, 4.69) is 17.4 Å². The number of hydrogen-bond acceptors (Lipinski definition) is 2. The molecule has 3 heteroatoms. The third-order valence-electron chi connectivity index (χ3n) is 2.34. The van der Waals surface area contributed by atoms with Gasteiger partial charge in [-0.3, -0.25) is 0 Å². The predicted molar refractivity (Wildman–Crippen MR) is 59.8 cm³/mol. The van der Waals surface area contributed by atoms with Gasteiger partial charge in [-0.15, -0.1) is 12.4 Å². The Morgan fingerprint density at radius 2 is 2.07 bits per heavy atom. The molecule has 0 amide bonds. The average Bonchev–Trinajstić information content (AvgIpc) is 2.69. The molecule has 14 heavy (non-hydrogen) atoms. The van der Waals surface area contributed by atoms with E-state index in [-0.39, 0.29) is 12.4 Å². The Kier molecular flexibility index (Phi) is 4.94. The number of rotatable bonds is 3. The molecule has 78 valence electrons. The summed E-state index contributed by atoms with van der Waals surface area (Å²) in [4.78, 5) is 0. The monoisotopic (exact) mass is 213 g/mol. The van der Waals surface area contributed by atoms with Crippen LogP contribution in [0.25, 0.3) is 0 Å². The molecule has 0 aromatic heterocycles. The van der Waals surface area contributed by atoms with Crippen LogP contribution in [0.4, 0.5) is 0 Å². The van der Waals surface area contributed by atoms with Crippen molar-refractivity contribution in [2.24, 2.45) is 0 Å². The Balaban J connectivity index is 0.000000980.